The van der Waals surface area contributed by atoms with Crippen LogP contribution < -0.4 is 0 Å². The number of cyclic esters (lactones) is 1. The fraction of sp³-hybridized carbons (Fsp3) is 0.444. The van der Waals surface area contributed by atoms with Crippen molar-refractivity contribution >= 4 is 22.0 Å². The predicted octanol–water partition coefficient (Wildman–Crippen LogP) is 1.23. The van der Waals surface area contributed by atoms with E-state index in [1.165, 1.54) is 0 Å². The van der Waals surface area contributed by atoms with E-state index >= 15 is 0 Å². The van der Waals surface area contributed by atoms with Crippen LogP contribution in [0.25, 0.3) is 0 Å². The van der Waals surface area contributed by atoms with Crippen molar-refractivity contribution in [1.29, 1.82) is 0 Å². The van der Waals surface area contributed by atoms with Gasteiger partial charge < -0.3 is 9.64 Å². The largest absolute Gasteiger partial charge is 0.448 e. The summed E-state index contributed by atoms with van der Waals surface area (Å²) in [6.07, 6.45) is 3.81. The Morgan fingerprint density at radius 3 is 2.80 bits per heavy atom. The fourth-order valence-electron chi connectivity index (χ4n) is 1.33. The number of rotatable bonds is 3. The number of hydrogen-bond donors (Lipinski definition) is 0. The highest BCUT2D eigenvalue weighted by atomic mass is 79.9. The predicted molar refractivity (Wildman–Crippen MR) is 56.4 cm³/mol. The highest BCUT2D eigenvalue weighted by Gasteiger charge is 2.21. The number of ether oxygens (including phenoxy) is 1. The lowest BCUT2D eigenvalue weighted by molar-refractivity contribution is 0.158. The topological polar surface area (TPSA) is 55.3 Å². The van der Waals surface area contributed by atoms with Gasteiger partial charge in [-0.05, 0) is 15.9 Å². The molecule has 0 atom stereocenters. The summed E-state index contributed by atoms with van der Waals surface area (Å²) in [6.45, 7) is 1.76. The molecule has 2 rings (SSSR count). The van der Waals surface area contributed by atoms with Crippen LogP contribution in [-0.2, 0) is 11.2 Å². The fourth-order valence-corrected chi connectivity index (χ4v) is 1.54. The molecule has 1 aliphatic heterocycles. The van der Waals surface area contributed by atoms with Gasteiger partial charge in [-0.25, -0.2) is 14.8 Å². The molecule has 0 unspecified atom stereocenters. The first-order valence-corrected chi connectivity index (χ1v) is 5.43. The second kappa shape index (κ2) is 4.57. The molecule has 1 amide bonds. The van der Waals surface area contributed by atoms with Gasteiger partial charge >= 0.3 is 6.09 Å². The molecule has 6 heteroatoms. The monoisotopic (exact) mass is 271 g/mol. The summed E-state index contributed by atoms with van der Waals surface area (Å²) < 4.78 is 5.67. The summed E-state index contributed by atoms with van der Waals surface area (Å²) in [5.41, 5.74) is 0. The van der Waals surface area contributed by atoms with Gasteiger partial charge in [-0.15, -0.1) is 0 Å². The van der Waals surface area contributed by atoms with Crippen molar-refractivity contribution in [3.05, 3.63) is 22.7 Å². The van der Waals surface area contributed by atoms with E-state index in [0.717, 1.165) is 10.3 Å². The molecule has 0 N–H and O–H groups in total. The molecule has 80 valence electrons. The van der Waals surface area contributed by atoms with Crippen LogP contribution in [0.3, 0.4) is 0 Å². The molecular weight excluding hydrogens is 262 g/mol. The van der Waals surface area contributed by atoms with Gasteiger partial charge in [0.25, 0.3) is 0 Å². The van der Waals surface area contributed by atoms with Gasteiger partial charge in [-0.3, -0.25) is 0 Å². The normalized spacial score (nSPS) is 15.5. The van der Waals surface area contributed by atoms with Crippen LogP contribution in [0.5, 0.6) is 0 Å². The molecule has 5 nitrogen and oxygen atoms in total. The van der Waals surface area contributed by atoms with Gasteiger partial charge in [0.05, 0.1) is 11.0 Å². The van der Waals surface area contributed by atoms with Crippen LogP contribution >= 0.6 is 15.9 Å². The van der Waals surface area contributed by atoms with Crippen molar-refractivity contribution in [2.75, 3.05) is 19.7 Å². The molecule has 0 aliphatic carbocycles. The first kappa shape index (κ1) is 10.4. The van der Waals surface area contributed by atoms with Gasteiger partial charge in [0.15, 0.2) is 0 Å². The zero-order chi connectivity index (χ0) is 10.7. The summed E-state index contributed by atoms with van der Waals surface area (Å²) in [7, 11) is 0. The second-order valence-electron chi connectivity index (χ2n) is 3.17. The second-order valence-corrected chi connectivity index (χ2v) is 4.08. The third-order valence-electron chi connectivity index (χ3n) is 2.12. The van der Waals surface area contributed by atoms with E-state index in [2.05, 4.69) is 25.9 Å². The lowest BCUT2D eigenvalue weighted by atomic mass is 10.3. The molecule has 0 saturated carbocycles. The molecule has 0 radical (unpaired) electrons. The molecule has 1 aromatic rings. The maximum absolute atomic E-state index is 11.1. The van der Waals surface area contributed by atoms with Crippen LogP contribution in [0.1, 0.15) is 5.82 Å². The lowest BCUT2D eigenvalue weighted by Crippen LogP contribution is -2.27. The Bertz CT molecular complexity index is 355. The molecular formula is C9H10BrN3O2. The molecule has 1 aliphatic rings. The van der Waals surface area contributed by atoms with Gasteiger partial charge in [-0.1, -0.05) is 0 Å². The van der Waals surface area contributed by atoms with Crippen LogP contribution in [0, 0.1) is 0 Å². The summed E-state index contributed by atoms with van der Waals surface area (Å²) in [5, 5.41) is 0. The molecule has 0 spiro atoms. The minimum atomic E-state index is -0.243. The van der Waals surface area contributed by atoms with Crippen LogP contribution in [0.15, 0.2) is 16.9 Å². The third kappa shape index (κ3) is 2.65. The van der Waals surface area contributed by atoms with Crippen molar-refractivity contribution < 1.29 is 9.53 Å². The summed E-state index contributed by atoms with van der Waals surface area (Å²) in [6, 6.07) is 0. The first-order chi connectivity index (χ1) is 7.25. The van der Waals surface area contributed by atoms with E-state index in [1.807, 2.05) is 0 Å². The average molecular weight is 272 g/mol. The molecule has 0 bridgehead atoms. The third-order valence-corrected chi connectivity index (χ3v) is 2.53. The quantitative estimate of drug-likeness (QED) is 0.830. The Labute approximate surface area is 95.6 Å². The SMILES string of the molecule is O=C1OCCN1CCc1ncc(Br)cn1. The maximum atomic E-state index is 11.1. The highest BCUT2D eigenvalue weighted by molar-refractivity contribution is 9.10. The van der Waals surface area contributed by atoms with Gasteiger partial charge in [-0.2, -0.15) is 0 Å². The van der Waals surface area contributed by atoms with Crippen LogP contribution in [0.2, 0.25) is 0 Å². The van der Waals surface area contributed by atoms with Crippen molar-refractivity contribution in [2.45, 2.75) is 6.42 Å². The number of carbonyl (C=O) groups excluding carboxylic acids is 1. The Morgan fingerprint density at radius 2 is 2.20 bits per heavy atom. The number of nitrogens with zero attached hydrogens (tertiary/aromatic N) is 3. The average Bonchev–Trinajstić information content (AvgIpc) is 2.63. The minimum absolute atomic E-state index is 0.243. The molecule has 1 aromatic heterocycles. The Hall–Kier alpha value is -1.17. The van der Waals surface area contributed by atoms with Crippen LogP contribution in [0.4, 0.5) is 4.79 Å². The Kier molecular flexibility index (Phi) is 3.15. The number of hydrogen-bond acceptors (Lipinski definition) is 4. The number of aromatic nitrogens is 2. The van der Waals surface area contributed by atoms with Crippen molar-refractivity contribution in [1.82, 2.24) is 14.9 Å². The molecule has 2 heterocycles. The number of carbonyl (C=O) groups is 1. The van der Waals surface area contributed by atoms with E-state index in [0.29, 0.717) is 26.1 Å². The zero-order valence-corrected chi connectivity index (χ0v) is 9.61. The van der Waals surface area contributed by atoms with E-state index in [-0.39, 0.29) is 6.09 Å². The smallest absolute Gasteiger partial charge is 0.409 e. The number of amides is 1. The van der Waals surface area contributed by atoms with Crippen molar-refractivity contribution in [3.63, 3.8) is 0 Å². The minimum Gasteiger partial charge on any atom is -0.448 e. The molecule has 15 heavy (non-hydrogen) atoms. The Balaban J connectivity index is 1.87. The standard InChI is InChI=1S/C9H10BrN3O2/c10-7-5-11-8(12-6-7)1-2-13-3-4-15-9(13)14/h5-6H,1-4H2. The van der Waals surface area contributed by atoms with E-state index in [9.17, 15) is 4.79 Å². The molecule has 1 saturated heterocycles. The zero-order valence-electron chi connectivity index (χ0n) is 8.02. The van der Waals surface area contributed by atoms with Gasteiger partial charge in [0, 0.05) is 25.4 Å². The summed E-state index contributed by atoms with van der Waals surface area (Å²) >= 11 is 3.26. The lowest BCUT2D eigenvalue weighted by Gasteiger charge is -2.10. The summed E-state index contributed by atoms with van der Waals surface area (Å²) in [5.74, 6) is 0.734. The van der Waals surface area contributed by atoms with Crippen LogP contribution in [-0.4, -0.2) is 40.7 Å². The summed E-state index contributed by atoms with van der Waals surface area (Å²) in [4.78, 5) is 21.0. The van der Waals surface area contributed by atoms with E-state index < -0.39 is 0 Å². The first-order valence-electron chi connectivity index (χ1n) is 4.64. The van der Waals surface area contributed by atoms with Gasteiger partial charge in [0.2, 0.25) is 0 Å². The molecule has 1 fully saturated rings. The van der Waals surface area contributed by atoms with Crippen molar-refractivity contribution in [3.8, 4) is 0 Å². The van der Waals surface area contributed by atoms with Gasteiger partial charge in [0.1, 0.15) is 12.4 Å². The molecule has 0 aromatic carbocycles. The highest BCUT2D eigenvalue weighted by Crippen LogP contribution is 2.07. The van der Waals surface area contributed by atoms with E-state index in [4.69, 9.17) is 4.74 Å². The number of halogens is 1. The maximum Gasteiger partial charge on any atom is 0.409 e. The van der Waals surface area contributed by atoms with E-state index in [1.54, 1.807) is 17.3 Å². The van der Waals surface area contributed by atoms with Crippen molar-refractivity contribution in [2.24, 2.45) is 0 Å². The Morgan fingerprint density at radius 1 is 1.47 bits per heavy atom.